The molecular weight excluding hydrogens is 408 g/mol. The minimum Gasteiger partial charge on any atom is -0.434 e. The quantitative estimate of drug-likeness (QED) is 0.609. The van der Waals surface area contributed by atoms with Gasteiger partial charge in [-0.15, -0.1) is 6.58 Å². The summed E-state index contributed by atoms with van der Waals surface area (Å²) in [6.45, 7) is 0.790. The van der Waals surface area contributed by atoms with Gasteiger partial charge in [0, 0.05) is 29.0 Å². The Morgan fingerprint density at radius 2 is 2.04 bits per heavy atom. The van der Waals surface area contributed by atoms with E-state index in [0.717, 1.165) is 5.56 Å². The predicted octanol–water partition coefficient (Wildman–Crippen LogP) is 4.56. The summed E-state index contributed by atoms with van der Waals surface area (Å²) < 4.78 is 30.2. The monoisotopic (exact) mass is 425 g/mol. The zero-order chi connectivity index (χ0) is 18.9. The molecule has 0 bridgehead atoms. The zero-order valence-electron chi connectivity index (χ0n) is 13.8. The van der Waals surface area contributed by atoms with Gasteiger partial charge >= 0.3 is 12.6 Å². The van der Waals surface area contributed by atoms with E-state index in [1.54, 1.807) is 42.7 Å². The summed E-state index contributed by atoms with van der Waals surface area (Å²) in [6, 6.07) is 7.52. The van der Waals surface area contributed by atoms with E-state index in [9.17, 15) is 13.6 Å². The van der Waals surface area contributed by atoms with Gasteiger partial charge in [-0.05, 0) is 42.3 Å². The second kappa shape index (κ2) is 9.86. The van der Waals surface area contributed by atoms with Gasteiger partial charge in [-0.2, -0.15) is 8.78 Å². The molecule has 0 aliphatic carbocycles. The molecule has 5 nitrogen and oxygen atoms in total. The van der Waals surface area contributed by atoms with E-state index in [1.807, 2.05) is 0 Å². The van der Waals surface area contributed by atoms with Crippen LogP contribution < -0.4 is 15.4 Å². The number of aromatic nitrogens is 1. The minimum atomic E-state index is -2.94. The van der Waals surface area contributed by atoms with Crippen molar-refractivity contribution >= 4 is 22.0 Å². The van der Waals surface area contributed by atoms with Gasteiger partial charge in [0.2, 0.25) is 0 Å². The van der Waals surface area contributed by atoms with E-state index >= 15 is 0 Å². The van der Waals surface area contributed by atoms with Gasteiger partial charge in [0.25, 0.3) is 0 Å². The van der Waals surface area contributed by atoms with Crippen LogP contribution in [-0.4, -0.2) is 17.6 Å². The number of urea groups is 1. The lowest BCUT2D eigenvalue weighted by molar-refractivity contribution is -0.0504. The molecule has 0 fully saturated rings. The van der Waals surface area contributed by atoms with E-state index in [1.165, 1.54) is 6.07 Å². The van der Waals surface area contributed by atoms with Crippen molar-refractivity contribution in [3.05, 3.63) is 71.0 Å². The standard InChI is InChI=1S/C18H18BrF2N3O2/c1-2-3-15(12-6-8-22-9-7-12)24-18(25)23-11-13-10-14(19)4-5-16(13)26-17(20)21/h2,4-10,15,17H,1,3,11H2,(H2,23,24,25). The van der Waals surface area contributed by atoms with Crippen LogP contribution in [0.1, 0.15) is 23.6 Å². The van der Waals surface area contributed by atoms with Crippen LogP contribution in [0, 0.1) is 0 Å². The number of pyridine rings is 1. The fraction of sp³-hybridized carbons (Fsp3) is 0.222. The highest BCUT2D eigenvalue weighted by atomic mass is 79.9. The smallest absolute Gasteiger partial charge is 0.387 e. The minimum absolute atomic E-state index is 0.0141. The molecule has 2 rings (SSSR count). The average Bonchev–Trinajstić information content (AvgIpc) is 2.62. The molecule has 0 aliphatic heterocycles. The molecule has 1 aromatic heterocycles. The fourth-order valence-electron chi connectivity index (χ4n) is 2.32. The zero-order valence-corrected chi connectivity index (χ0v) is 15.4. The van der Waals surface area contributed by atoms with Crippen molar-refractivity contribution in [2.45, 2.75) is 25.6 Å². The Morgan fingerprint density at radius 1 is 1.31 bits per heavy atom. The Labute approximate surface area is 158 Å². The first-order valence-corrected chi connectivity index (χ1v) is 8.57. The lowest BCUT2D eigenvalue weighted by Gasteiger charge is -2.18. The number of hydrogen-bond donors (Lipinski definition) is 2. The van der Waals surface area contributed by atoms with Crippen molar-refractivity contribution in [3.8, 4) is 5.75 Å². The summed E-state index contributed by atoms with van der Waals surface area (Å²) >= 11 is 3.27. The second-order valence-corrected chi connectivity index (χ2v) is 6.23. The number of hydrogen-bond acceptors (Lipinski definition) is 3. The number of benzene rings is 1. The molecule has 0 saturated carbocycles. The summed E-state index contributed by atoms with van der Waals surface area (Å²) in [5.74, 6) is 0.0141. The summed E-state index contributed by atoms with van der Waals surface area (Å²) in [5.41, 5.74) is 1.32. The third-order valence-corrected chi connectivity index (χ3v) is 3.99. The molecule has 0 spiro atoms. The Bertz CT molecular complexity index is 744. The average molecular weight is 426 g/mol. The Hall–Kier alpha value is -2.48. The first-order chi connectivity index (χ1) is 12.5. The molecule has 138 valence electrons. The number of ether oxygens (including phenoxy) is 1. The number of amides is 2. The molecule has 1 aromatic carbocycles. The third kappa shape index (κ3) is 6.11. The van der Waals surface area contributed by atoms with Gasteiger partial charge in [-0.3, -0.25) is 4.98 Å². The first-order valence-electron chi connectivity index (χ1n) is 7.78. The third-order valence-electron chi connectivity index (χ3n) is 3.49. The van der Waals surface area contributed by atoms with Crippen molar-refractivity contribution in [3.63, 3.8) is 0 Å². The number of alkyl halides is 2. The van der Waals surface area contributed by atoms with Crippen molar-refractivity contribution in [2.75, 3.05) is 0 Å². The Kier molecular flexibility index (Phi) is 7.53. The normalized spacial score (nSPS) is 11.7. The molecular formula is C18H18BrF2N3O2. The van der Waals surface area contributed by atoms with Gasteiger partial charge in [-0.25, -0.2) is 4.79 Å². The van der Waals surface area contributed by atoms with Gasteiger partial charge in [0.05, 0.1) is 6.04 Å². The lowest BCUT2D eigenvalue weighted by atomic mass is 10.1. The second-order valence-electron chi connectivity index (χ2n) is 5.32. The fourth-order valence-corrected chi connectivity index (χ4v) is 2.73. The number of halogens is 3. The Morgan fingerprint density at radius 3 is 2.69 bits per heavy atom. The van der Waals surface area contributed by atoms with Crippen molar-refractivity contribution in [1.29, 1.82) is 0 Å². The number of nitrogens with zero attached hydrogens (tertiary/aromatic N) is 1. The Balaban J connectivity index is 2.01. The molecule has 2 amide bonds. The van der Waals surface area contributed by atoms with E-state index in [2.05, 4.69) is 42.9 Å². The van der Waals surface area contributed by atoms with Crippen molar-refractivity contribution in [2.24, 2.45) is 0 Å². The lowest BCUT2D eigenvalue weighted by Crippen LogP contribution is -2.37. The van der Waals surface area contributed by atoms with Crippen LogP contribution in [0.15, 0.2) is 59.9 Å². The molecule has 1 heterocycles. The molecule has 1 unspecified atom stereocenters. The van der Waals surface area contributed by atoms with Crippen LogP contribution in [0.25, 0.3) is 0 Å². The molecule has 2 aromatic rings. The molecule has 1 atom stereocenters. The highest BCUT2D eigenvalue weighted by molar-refractivity contribution is 9.10. The highest BCUT2D eigenvalue weighted by Crippen LogP contribution is 2.24. The summed E-state index contributed by atoms with van der Waals surface area (Å²) in [7, 11) is 0. The first kappa shape index (κ1) is 19.8. The molecule has 0 saturated heterocycles. The SMILES string of the molecule is C=CCC(NC(=O)NCc1cc(Br)ccc1OC(F)F)c1ccncc1. The van der Waals surface area contributed by atoms with Crippen LogP contribution in [0.2, 0.25) is 0 Å². The summed E-state index contributed by atoms with van der Waals surface area (Å²) in [6.07, 6.45) is 5.52. The summed E-state index contributed by atoms with van der Waals surface area (Å²) in [4.78, 5) is 16.2. The van der Waals surface area contributed by atoms with Gasteiger partial charge in [-0.1, -0.05) is 22.0 Å². The molecule has 26 heavy (non-hydrogen) atoms. The largest absolute Gasteiger partial charge is 0.434 e. The van der Waals surface area contributed by atoms with E-state index in [4.69, 9.17) is 0 Å². The molecule has 2 N–H and O–H groups in total. The maximum Gasteiger partial charge on any atom is 0.387 e. The molecule has 8 heteroatoms. The maximum atomic E-state index is 12.5. The van der Waals surface area contributed by atoms with Crippen LogP contribution in [0.4, 0.5) is 13.6 Å². The van der Waals surface area contributed by atoms with Crippen LogP contribution in [0.5, 0.6) is 5.75 Å². The van der Waals surface area contributed by atoms with Gasteiger partial charge in [0.1, 0.15) is 5.75 Å². The highest BCUT2D eigenvalue weighted by Gasteiger charge is 2.15. The van der Waals surface area contributed by atoms with E-state index in [-0.39, 0.29) is 18.3 Å². The van der Waals surface area contributed by atoms with Crippen LogP contribution in [-0.2, 0) is 6.54 Å². The van der Waals surface area contributed by atoms with Crippen molar-refractivity contribution in [1.82, 2.24) is 15.6 Å². The predicted molar refractivity (Wildman–Crippen MR) is 97.9 cm³/mol. The van der Waals surface area contributed by atoms with Gasteiger partial charge in [0.15, 0.2) is 0 Å². The maximum absolute atomic E-state index is 12.5. The van der Waals surface area contributed by atoms with Crippen LogP contribution >= 0.6 is 15.9 Å². The number of rotatable bonds is 8. The number of carbonyl (C=O) groups is 1. The molecule has 0 radical (unpaired) electrons. The topological polar surface area (TPSA) is 63.2 Å². The number of carbonyl (C=O) groups excluding carboxylic acids is 1. The van der Waals surface area contributed by atoms with E-state index < -0.39 is 12.6 Å². The van der Waals surface area contributed by atoms with Crippen molar-refractivity contribution < 1.29 is 18.3 Å². The molecule has 0 aliphatic rings. The van der Waals surface area contributed by atoms with Crippen LogP contribution in [0.3, 0.4) is 0 Å². The summed E-state index contributed by atoms with van der Waals surface area (Å²) in [5, 5.41) is 5.48. The number of nitrogens with one attached hydrogen (secondary N) is 2. The van der Waals surface area contributed by atoms with Gasteiger partial charge < -0.3 is 15.4 Å². The van der Waals surface area contributed by atoms with E-state index in [0.29, 0.717) is 16.5 Å².